The minimum absolute atomic E-state index is 0. The summed E-state index contributed by atoms with van der Waals surface area (Å²) in [6.45, 7) is 6.30. The number of rotatable bonds is 6. The molecule has 5 nitrogen and oxygen atoms in total. The number of nitrogens with one attached hydrogen (secondary N) is 2. The Hall–Kier alpha value is -1.02. The fourth-order valence-electron chi connectivity index (χ4n) is 2.22. The van der Waals surface area contributed by atoms with Crippen molar-refractivity contribution in [3.05, 3.63) is 29.8 Å². The summed E-state index contributed by atoms with van der Waals surface area (Å²) in [6.07, 6.45) is 1.07. The fraction of sp³-hybridized carbons (Fsp3) is 0.562. The third kappa shape index (κ3) is 5.64. The van der Waals surface area contributed by atoms with Crippen molar-refractivity contribution in [2.24, 2.45) is 10.9 Å². The Kier molecular flexibility index (Phi) is 8.55. The first-order valence-corrected chi connectivity index (χ1v) is 7.60. The molecular weight excluding hydrogens is 393 g/mol. The molecule has 2 atom stereocenters. The third-order valence-corrected chi connectivity index (χ3v) is 3.43. The van der Waals surface area contributed by atoms with Gasteiger partial charge in [0.05, 0.1) is 6.54 Å². The van der Waals surface area contributed by atoms with Crippen molar-refractivity contribution < 1.29 is 9.84 Å². The van der Waals surface area contributed by atoms with Gasteiger partial charge in [-0.05, 0) is 24.5 Å². The minimum atomic E-state index is 0. The standard InChI is InChI=1S/C16H25N3O2.HI/c1-3-17-16(18-9-12(2)11-20)19-10-14-8-13-6-4-5-7-15(13)21-14;/h4-7,12,14,20H,3,8-11H2,1-2H3,(H2,17,18,19);1H. The smallest absolute Gasteiger partial charge is 0.191 e. The van der Waals surface area contributed by atoms with E-state index in [9.17, 15) is 0 Å². The Balaban J connectivity index is 0.00000242. The van der Waals surface area contributed by atoms with Gasteiger partial charge in [0.1, 0.15) is 11.9 Å². The quantitative estimate of drug-likeness (QED) is 0.374. The predicted octanol–water partition coefficient (Wildman–Crippen LogP) is 1.79. The van der Waals surface area contributed by atoms with E-state index in [-0.39, 0.29) is 42.6 Å². The van der Waals surface area contributed by atoms with Gasteiger partial charge in [0.15, 0.2) is 5.96 Å². The molecule has 2 unspecified atom stereocenters. The number of nitrogens with zero attached hydrogens (tertiary/aromatic N) is 1. The van der Waals surface area contributed by atoms with E-state index in [1.165, 1.54) is 5.56 Å². The highest BCUT2D eigenvalue weighted by molar-refractivity contribution is 14.0. The van der Waals surface area contributed by atoms with Gasteiger partial charge in [0.25, 0.3) is 0 Å². The molecule has 2 rings (SSSR count). The number of hydrogen-bond acceptors (Lipinski definition) is 3. The molecule has 124 valence electrons. The molecule has 0 fully saturated rings. The van der Waals surface area contributed by atoms with Crippen LogP contribution in [0.5, 0.6) is 5.75 Å². The van der Waals surface area contributed by atoms with Crippen LogP contribution in [-0.2, 0) is 6.42 Å². The first-order chi connectivity index (χ1) is 10.2. The summed E-state index contributed by atoms with van der Waals surface area (Å²) in [5.41, 5.74) is 1.26. The van der Waals surface area contributed by atoms with Crippen LogP contribution in [0.2, 0.25) is 0 Å². The maximum absolute atomic E-state index is 9.05. The summed E-state index contributed by atoms with van der Waals surface area (Å²) < 4.78 is 5.90. The summed E-state index contributed by atoms with van der Waals surface area (Å²) in [7, 11) is 0. The minimum Gasteiger partial charge on any atom is -0.488 e. The average Bonchev–Trinajstić information content (AvgIpc) is 2.92. The van der Waals surface area contributed by atoms with Crippen molar-refractivity contribution in [3.8, 4) is 5.75 Å². The highest BCUT2D eigenvalue weighted by atomic mass is 127. The van der Waals surface area contributed by atoms with Gasteiger partial charge in [-0.25, -0.2) is 0 Å². The molecule has 0 saturated carbocycles. The van der Waals surface area contributed by atoms with E-state index in [0.29, 0.717) is 13.1 Å². The van der Waals surface area contributed by atoms with E-state index in [4.69, 9.17) is 9.84 Å². The SMILES string of the molecule is CCNC(=NCC(C)CO)NCC1Cc2ccccc2O1.I. The molecule has 0 spiro atoms. The van der Waals surface area contributed by atoms with Gasteiger partial charge >= 0.3 is 0 Å². The van der Waals surface area contributed by atoms with E-state index in [2.05, 4.69) is 21.7 Å². The zero-order chi connectivity index (χ0) is 15.1. The molecule has 6 heteroatoms. The Labute approximate surface area is 149 Å². The number of aliphatic hydroxyl groups excluding tert-OH is 1. The molecule has 0 bridgehead atoms. The number of hydrogen-bond donors (Lipinski definition) is 3. The number of halogens is 1. The molecule has 3 N–H and O–H groups in total. The maximum Gasteiger partial charge on any atom is 0.191 e. The highest BCUT2D eigenvalue weighted by Crippen LogP contribution is 2.27. The summed E-state index contributed by atoms with van der Waals surface area (Å²) in [6, 6.07) is 8.16. The van der Waals surface area contributed by atoms with E-state index in [0.717, 1.165) is 24.7 Å². The van der Waals surface area contributed by atoms with Gasteiger partial charge in [-0.15, -0.1) is 24.0 Å². The second-order valence-corrected chi connectivity index (χ2v) is 5.44. The monoisotopic (exact) mass is 419 g/mol. The number of ether oxygens (including phenoxy) is 1. The van der Waals surface area contributed by atoms with Crippen LogP contribution >= 0.6 is 24.0 Å². The van der Waals surface area contributed by atoms with Gasteiger partial charge in [-0.1, -0.05) is 25.1 Å². The van der Waals surface area contributed by atoms with Gasteiger partial charge in [-0.3, -0.25) is 4.99 Å². The van der Waals surface area contributed by atoms with Gasteiger partial charge in [0.2, 0.25) is 0 Å². The number of aliphatic imine (C=N–C) groups is 1. The Bertz CT molecular complexity index is 457. The molecule has 0 saturated heterocycles. The number of aliphatic hydroxyl groups is 1. The van der Waals surface area contributed by atoms with E-state index < -0.39 is 0 Å². The predicted molar refractivity (Wildman–Crippen MR) is 100 cm³/mol. The number of guanidine groups is 1. The first-order valence-electron chi connectivity index (χ1n) is 7.60. The lowest BCUT2D eigenvalue weighted by Crippen LogP contribution is -2.42. The Morgan fingerprint density at radius 3 is 2.86 bits per heavy atom. The lowest BCUT2D eigenvalue weighted by molar-refractivity contribution is 0.234. The van der Waals surface area contributed by atoms with Crippen molar-refractivity contribution in [2.75, 3.05) is 26.2 Å². The largest absolute Gasteiger partial charge is 0.488 e. The Morgan fingerprint density at radius 2 is 2.18 bits per heavy atom. The zero-order valence-corrected chi connectivity index (χ0v) is 15.5. The van der Waals surface area contributed by atoms with Crippen LogP contribution in [0.25, 0.3) is 0 Å². The van der Waals surface area contributed by atoms with Crippen molar-refractivity contribution in [2.45, 2.75) is 26.4 Å². The average molecular weight is 419 g/mol. The van der Waals surface area contributed by atoms with Crippen LogP contribution in [-0.4, -0.2) is 43.4 Å². The van der Waals surface area contributed by atoms with Crippen LogP contribution in [0.3, 0.4) is 0 Å². The molecule has 0 aromatic heterocycles. The van der Waals surface area contributed by atoms with Crippen LogP contribution < -0.4 is 15.4 Å². The van der Waals surface area contributed by atoms with Crippen LogP contribution in [0.1, 0.15) is 19.4 Å². The lowest BCUT2D eigenvalue weighted by atomic mass is 10.1. The molecule has 1 aliphatic heterocycles. The second kappa shape index (κ2) is 9.89. The summed E-state index contributed by atoms with van der Waals surface area (Å²) in [5, 5.41) is 15.6. The highest BCUT2D eigenvalue weighted by Gasteiger charge is 2.22. The first kappa shape index (κ1) is 19.0. The maximum atomic E-state index is 9.05. The zero-order valence-electron chi connectivity index (χ0n) is 13.2. The molecule has 1 aromatic rings. The molecule has 1 heterocycles. The summed E-state index contributed by atoms with van der Waals surface area (Å²) >= 11 is 0. The van der Waals surface area contributed by atoms with E-state index >= 15 is 0 Å². The van der Waals surface area contributed by atoms with Crippen molar-refractivity contribution in [1.82, 2.24) is 10.6 Å². The summed E-state index contributed by atoms with van der Waals surface area (Å²) in [5.74, 6) is 1.94. The number of para-hydroxylation sites is 1. The molecule has 0 amide bonds. The molecule has 22 heavy (non-hydrogen) atoms. The van der Waals surface area contributed by atoms with Gasteiger partial charge in [0, 0.05) is 26.1 Å². The van der Waals surface area contributed by atoms with Crippen LogP contribution in [0.4, 0.5) is 0 Å². The number of benzene rings is 1. The normalized spacial score (nSPS) is 18.0. The third-order valence-electron chi connectivity index (χ3n) is 3.43. The topological polar surface area (TPSA) is 65.9 Å². The van der Waals surface area contributed by atoms with Crippen LogP contribution in [0, 0.1) is 5.92 Å². The molecule has 0 radical (unpaired) electrons. The van der Waals surface area contributed by atoms with E-state index in [1.54, 1.807) is 0 Å². The van der Waals surface area contributed by atoms with E-state index in [1.807, 2.05) is 32.0 Å². The second-order valence-electron chi connectivity index (χ2n) is 5.44. The molecule has 1 aromatic carbocycles. The Morgan fingerprint density at radius 1 is 1.41 bits per heavy atom. The van der Waals surface area contributed by atoms with Crippen molar-refractivity contribution >= 4 is 29.9 Å². The number of fused-ring (bicyclic) bond motifs is 1. The van der Waals surface area contributed by atoms with Gasteiger partial charge < -0.3 is 20.5 Å². The molecular formula is C16H26IN3O2. The molecule has 0 aliphatic carbocycles. The van der Waals surface area contributed by atoms with Crippen LogP contribution in [0.15, 0.2) is 29.3 Å². The van der Waals surface area contributed by atoms with Crippen molar-refractivity contribution in [1.29, 1.82) is 0 Å². The molecule has 1 aliphatic rings. The lowest BCUT2D eigenvalue weighted by Gasteiger charge is -2.16. The summed E-state index contributed by atoms with van der Waals surface area (Å²) in [4.78, 5) is 4.47. The fourth-order valence-corrected chi connectivity index (χ4v) is 2.22. The van der Waals surface area contributed by atoms with Crippen molar-refractivity contribution in [3.63, 3.8) is 0 Å². The van der Waals surface area contributed by atoms with Gasteiger partial charge in [-0.2, -0.15) is 0 Å².